The number of nitrogens with zero attached hydrogens (tertiary/aromatic N) is 1. The van der Waals surface area contributed by atoms with Crippen LogP contribution in [0.1, 0.15) is 35.2 Å². The Morgan fingerprint density at radius 2 is 1.82 bits per heavy atom. The normalized spacial score (nSPS) is 11.6. The second-order valence-corrected chi connectivity index (χ2v) is 6.74. The van der Waals surface area contributed by atoms with Gasteiger partial charge in [-0.05, 0) is 30.2 Å². The maximum atomic E-state index is 12.8. The molecule has 2 aromatic rings. The van der Waals surface area contributed by atoms with Gasteiger partial charge in [0.1, 0.15) is 0 Å². The van der Waals surface area contributed by atoms with E-state index in [0.29, 0.717) is 30.8 Å². The number of carbonyl (C=O) groups is 2. The zero-order valence-electron chi connectivity index (χ0n) is 17.0. The smallest absolute Gasteiger partial charge is 0.253 e. The minimum absolute atomic E-state index is 0.0861. The Morgan fingerprint density at radius 3 is 2.43 bits per heavy atom. The molecule has 0 aliphatic rings. The Kier molecular flexibility index (Phi) is 8.02. The summed E-state index contributed by atoms with van der Waals surface area (Å²) in [4.78, 5) is 27.3. The third-order valence-corrected chi connectivity index (χ3v) is 4.51. The predicted molar refractivity (Wildman–Crippen MR) is 113 cm³/mol. The number of rotatable bonds is 9. The van der Waals surface area contributed by atoms with Gasteiger partial charge in [-0.3, -0.25) is 9.59 Å². The molecule has 28 heavy (non-hydrogen) atoms. The molecular weight excluding hydrogens is 354 g/mol. The number of anilines is 2. The van der Waals surface area contributed by atoms with Crippen molar-refractivity contribution in [3.8, 4) is 0 Å². The predicted octanol–water partition coefficient (Wildman–Crippen LogP) is 3.26. The zero-order valence-corrected chi connectivity index (χ0v) is 17.0. The molecule has 0 spiro atoms. The number of methoxy groups -OCH3 is 1. The van der Waals surface area contributed by atoms with E-state index >= 15 is 0 Å². The molecule has 0 bridgehead atoms. The van der Waals surface area contributed by atoms with E-state index in [9.17, 15) is 9.59 Å². The molecule has 150 valence electrons. The van der Waals surface area contributed by atoms with Crippen LogP contribution < -0.4 is 15.5 Å². The highest BCUT2D eigenvalue weighted by Crippen LogP contribution is 2.25. The molecule has 0 aliphatic carbocycles. The highest BCUT2D eigenvalue weighted by molar-refractivity contribution is 6.02. The Hall–Kier alpha value is -2.86. The molecule has 0 saturated carbocycles. The first-order chi connectivity index (χ1) is 13.5. The Balaban J connectivity index is 2.22. The molecule has 2 N–H and O–H groups in total. The van der Waals surface area contributed by atoms with E-state index in [1.54, 1.807) is 13.2 Å². The highest BCUT2D eigenvalue weighted by atomic mass is 16.5. The van der Waals surface area contributed by atoms with Crippen LogP contribution in [0.4, 0.5) is 11.4 Å². The molecule has 6 nitrogen and oxygen atoms in total. The van der Waals surface area contributed by atoms with Crippen molar-refractivity contribution in [3.63, 3.8) is 0 Å². The number of benzene rings is 2. The summed E-state index contributed by atoms with van der Waals surface area (Å²) in [5.41, 5.74) is 2.86. The summed E-state index contributed by atoms with van der Waals surface area (Å²) in [6, 6.07) is 15.1. The Morgan fingerprint density at radius 1 is 1.11 bits per heavy atom. The number of hydrogen-bond donors (Lipinski definition) is 2. The third-order valence-electron chi connectivity index (χ3n) is 4.51. The van der Waals surface area contributed by atoms with Gasteiger partial charge in [0.05, 0.1) is 18.1 Å². The van der Waals surface area contributed by atoms with Gasteiger partial charge >= 0.3 is 0 Å². The van der Waals surface area contributed by atoms with Crippen molar-refractivity contribution in [1.82, 2.24) is 5.32 Å². The second kappa shape index (κ2) is 10.5. The number of nitrogens with one attached hydrogen (secondary N) is 2. The average Bonchev–Trinajstić information content (AvgIpc) is 2.69. The van der Waals surface area contributed by atoms with E-state index in [4.69, 9.17) is 4.74 Å². The lowest BCUT2D eigenvalue weighted by Gasteiger charge is -2.20. The molecule has 2 rings (SSSR count). The van der Waals surface area contributed by atoms with Crippen LogP contribution in [-0.4, -0.2) is 46.2 Å². The van der Waals surface area contributed by atoms with Gasteiger partial charge in [0, 0.05) is 39.1 Å². The van der Waals surface area contributed by atoms with E-state index in [1.807, 2.05) is 68.4 Å². The molecule has 0 aromatic heterocycles. The van der Waals surface area contributed by atoms with Crippen LogP contribution in [0.2, 0.25) is 0 Å². The molecule has 0 heterocycles. The third kappa shape index (κ3) is 5.57. The lowest BCUT2D eigenvalue weighted by molar-refractivity contribution is -0.117. The van der Waals surface area contributed by atoms with Crippen LogP contribution in [0, 0.1) is 0 Å². The summed E-state index contributed by atoms with van der Waals surface area (Å²) in [5, 5.41) is 5.79. The van der Waals surface area contributed by atoms with E-state index in [2.05, 4.69) is 10.6 Å². The van der Waals surface area contributed by atoms with Gasteiger partial charge in [-0.25, -0.2) is 0 Å². The molecular formula is C22H29N3O3. The first kappa shape index (κ1) is 21.4. The first-order valence-electron chi connectivity index (χ1n) is 9.42. The van der Waals surface area contributed by atoms with E-state index in [-0.39, 0.29) is 17.7 Å². The standard InChI is InChI=1S/C22H29N3O3/c1-5-18(16-9-7-6-8-10-16)22(27)24-17-11-12-20(25(2)3)19(15-17)21(26)23-13-14-28-4/h6-12,15,18H,5,13-14H2,1-4H3,(H,23,26)(H,24,27). The number of amides is 2. The van der Waals surface area contributed by atoms with Crippen LogP contribution in [0.3, 0.4) is 0 Å². The van der Waals surface area contributed by atoms with Crippen LogP contribution in [0.15, 0.2) is 48.5 Å². The zero-order chi connectivity index (χ0) is 20.5. The fraction of sp³-hybridized carbons (Fsp3) is 0.364. The molecule has 0 radical (unpaired) electrons. The fourth-order valence-corrected chi connectivity index (χ4v) is 3.03. The van der Waals surface area contributed by atoms with Crippen molar-refractivity contribution >= 4 is 23.2 Å². The number of carbonyl (C=O) groups excluding carboxylic acids is 2. The SMILES string of the molecule is CCC(C(=O)Nc1ccc(N(C)C)c(C(=O)NCCOC)c1)c1ccccc1. The van der Waals surface area contributed by atoms with Gasteiger partial charge in [-0.2, -0.15) is 0 Å². The summed E-state index contributed by atoms with van der Waals surface area (Å²) in [6.07, 6.45) is 0.690. The maximum Gasteiger partial charge on any atom is 0.253 e. The molecule has 0 saturated heterocycles. The van der Waals surface area contributed by atoms with Crippen LogP contribution in [0.5, 0.6) is 0 Å². The van der Waals surface area contributed by atoms with Crippen molar-refractivity contribution in [2.45, 2.75) is 19.3 Å². The van der Waals surface area contributed by atoms with Gasteiger partial charge in [0.25, 0.3) is 5.91 Å². The van der Waals surface area contributed by atoms with Crippen LogP contribution >= 0.6 is 0 Å². The minimum Gasteiger partial charge on any atom is -0.383 e. The van der Waals surface area contributed by atoms with Gasteiger partial charge in [0.15, 0.2) is 0 Å². The number of hydrogen-bond acceptors (Lipinski definition) is 4. The Labute approximate surface area is 166 Å². The molecule has 0 aliphatic heterocycles. The molecule has 6 heteroatoms. The maximum absolute atomic E-state index is 12.8. The summed E-state index contributed by atoms with van der Waals surface area (Å²) in [7, 11) is 5.34. The van der Waals surface area contributed by atoms with Crippen molar-refractivity contribution in [2.24, 2.45) is 0 Å². The largest absolute Gasteiger partial charge is 0.383 e. The first-order valence-corrected chi connectivity index (χ1v) is 9.42. The van der Waals surface area contributed by atoms with Crippen LogP contribution in [-0.2, 0) is 9.53 Å². The van der Waals surface area contributed by atoms with Gasteiger partial charge in [-0.1, -0.05) is 37.3 Å². The summed E-state index contributed by atoms with van der Waals surface area (Å²) in [5.74, 6) is -0.530. The summed E-state index contributed by atoms with van der Waals surface area (Å²) < 4.78 is 4.98. The van der Waals surface area contributed by atoms with Crippen molar-refractivity contribution < 1.29 is 14.3 Å². The molecule has 2 amide bonds. The topological polar surface area (TPSA) is 70.7 Å². The van der Waals surface area contributed by atoms with Gasteiger partial charge in [-0.15, -0.1) is 0 Å². The minimum atomic E-state index is -0.242. The van der Waals surface area contributed by atoms with Gasteiger partial charge < -0.3 is 20.3 Å². The molecule has 1 unspecified atom stereocenters. The van der Waals surface area contributed by atoms with Crippen molar-refractivity contribution in [3.05, 3.63) is 59.7 Å². The molecule has 1 atom stereocenters. The lowest BCUT2D eigenvalue weighted by Crippen LogP contribution is -2.29. The van der Waals surface area contributed by atoms with Crippen molar-refractivity contribution in [1.29, 1.82) is 0 Å². The van der Waals surface area contributed by atoms with E-state index in [1.165, 1.54) is 0 Å². The quantitative estimate of drug-likeness (QED) is 0.652. The monoisotopic (exact) mass is 383 g/mol. The highest BCUT2D eigenvalue weighted by Gasteiger charge is 2.20. The molecule has 0 fully saturated rings. The van der Waals surface area contributed by atoms with E-state index in [0.717, 1.165) is 11.3 Å². The second-order valence-electron chi connectivity index (χ2n) is 6.74. The summed E-state index contributed by atoms with van der Waals surface area (Å²) >= 11 is 0. The average molecular weight is 383 g/mol. The molecule has 2 aromatic carbocycles. The van der Waals surface area contributed by atoms with E-state index < -0.39 is 0 Å². The van der Waals surface area contributed by atoms with Crippen LogP contribution in [0.25, 0.3) is 0 Å². The van der Waals surface area contributed by atoms with Gasteiger partial charge in [0.2, 0.25) is 5.91 Å². The fourth-order valence-electron chi connectivity index (χ4n) is 3.03. The lowest BCUT2D eigenvalue weighted by atomic mass is 9.95. The van der Waals surface area contributed by atoms with Crippen molar-refractivity contribution in [2.75, 3.05) is 44.6 Å². The summed E-state index contributed by atoms with van der Waals surface area (Å²) in [6.45, 7) is 2.85. The Bertz CT molecular complexity index is 791. The number of ether oxygens (including phenoxy) is 1.